The van der Waals surface area contributed by atoms with E-state index in [-0.39, 0.29) is 81.7 Å². The Balaban J connectivity index is 0.000000251. The summed E-state index contributed by atoms with van der Waals surface area (Å²) in [6.07, 6.45) is 2.66. The number of allylic oxidation sites excluding steroid dienone is 4. The van der Waals surface area contributed by atoms with E-state index in [0.29, 0.717) is 29.7 Å². The molecular weight excluding hydrogens is 837 g/mol. The number of fused-ring (bicyclic) bond motifs is 5. The van der Waals surface area contributed by atoms with Crippen LogP contribution in [-0.2, 0) is 20.1 Å². The maximum atomic E-state index is 10.1. The maximum Gasteiger partial charge on any atom is 3.00 e. The predicted octanol–water partition coefficient (Wildman–Crippen LogP) is 13.2. The van der Waals surface area contributed by atoms with E-state index in [1.54, 1.807) is 12.1 Å². The normalized spacial score (nSPS) is 25.4. The first-order valence-electron chi connectivity index (χ1n) is 27.0. The van der Waals surface area contributed by atoms with Crippen molar-refractivity contribution < 1.29 is 51.9 Å². The summed E-state index contributed by atoms with van der Waals surface area (Å²) in [7, 11) is 0. The largest absolute Gasteiger partial charge is 3.00 e. The Bertz CT molecular complexity index is 3430. The molecule has 2 heterocycles. The molecule has 0 N–H and O–H groups in total. The van der Waals surface area contributed by atoms with Crippen LogP contribution in [0.25, 0.3) is 60.9 Å². The van der Waals surface area contributed by atoms with Gasteiger partial charge in [-0.3, -0.25) is 0 Å². The van der Waals surface area contributed by atoms with Crippen LogP contribution in [0.3, 0.4) is 0 Å². The van der Waals surface area contributed by atoms with E-state index in [9.17, 15) is 5.41 Å². The number of aryl methyl sites for hydroxylation is 2. The van der Waals surface area contributed by atoms with Gasteiger partial charge < -0.3 is 14.8 Å². The second-order valence-electron chi connectivity index (χ2n) is 13.1. The van der Waals surface area contributed by atoms with Crippen molar-refractivity contribution in [2.75, 3.05) is 0 Å². The molecule has 3 fully saturated rings. The molecule has 3 saturated carbocycles. The molecule has 54 heavy (non-hydrogen) atoms. The number of hydrogen-bond acceptors (Lipinski definition) is 2. The van der Waals surface area contributed by atoms with E-state index in [1.807, 2.05) is 30.3 Å². The van der Waals surface area contributed by atoms with Crippen LogP contribution in [0.1, 0.15) is 93.7 Å². The van der Waals surface area contributed by atoms with Crippen LogP contribution in [0.2, 0.25) is 0 Å². The van der Waals surface area contributed by atoms with Gasteiger partial charge >= 0.3 is 20.1 Å². The van der Waals surface area contributed by atoms with E-state index in [4.69, 9.17) is 31.8 Å². The number of para-hydroxylation sites is 1. The molecule has 7 aromatic rings. The summed E-state index contributed by atoms with van der Waals surface area (Å²) in [6.45, 7) is -3.15. The Hall–Kier alpha value is -5.15. The summed E-state index contributed by atoms with van der Waals surface area (Å²) in [5, 5.41) is 9.79. The zero-order chi connectivity index (χ0) is 53.5. The summed E-state index contributed by atoms with van der Waals surface area (Å²) in [5.74, 6) is -0.846. The van der Waals surface area contributed by atoms with Crippen LogP contribution in [0.4, 0.5) is 0 Å². The molecule has 0 atom stereocenters. The first kappa shape index (κ1) is 20.0. The van der Waals surface area contributed by atoms with Crippen LogP contribution in [0.5, 0.6) is 0 Å². The molecule has 2 aromatic heterocycles. The summed E-state index contributed by atoms with van der Waals surface area (Å²) in [6, 6.07) is 13.9. The smallest absolute Gasteiger partial charge is 0.811 e. The van der Waals surface area contributed by atoms with Gasteiger partial charge in [0, 0.05) is 29.5 Å². The van der Waals surface area contributed by atoms with Gasteiger partial charge in [-0.25, -0.2) is 0 Å². The maximum absolute atomic E-state index is 10.1. The molecule has 5 aromatic carbocycles. The molecule has 4 heteroatoms. The van der Waals surface area contributed by atoms with Crippen LogP contribution in [0.15, 0.2) is 138 Å². The number of benzene rings is 5. The third-order valence-electron chi connectivity index (χ3n) is 9.51. The van der Waals surface area contributed by atoms with Gasteiger partial charge in [0.2, 0.25) is 0 Å². The summed E-state index contributed by atoms with van der Waals surface area (Å²) < 4.78 is 171. The predicted molar refractivity (Wildman–Crippen MR) is 222 cm³/mol. The summed E-state index contributed by atoms with van der Waals surface area (Å²) in [5.41, 5.74) is 0.777. The second kappa shape index (κ2) is 16.5. The van der Waals surface area contributed by atoms with E-state index in [1.165, 1.54) is 25.3 Å². The zero-order valence-corrected chi connectivity index (χ0v) is 31.3. The fraction of sp³-hybridized carbons (Fsp3) is 0.200. The minimum atomic E-state index is -2.27. The molecule has 0 saturated heterocycles. The molecule has 0 unspecified atom stereocenters. The van der Waals surface area contributed by atoms with Crippen molar-refractivity contribution in [1.82, 2.24) is 4.98 Å². The molecule has 2 bridgehead atoms. The molecule has 3 nitrogen and oxygen atoms in total. The number of rotatable bonds is 7. The van der Waals surface area contributed by atoms with Gasteiger partial charge in [0.25, 0.3) is 0 Å². The third kappa shape index (κ3) is 7.87. The van der Waals surface area contributed by atoms with Gasteiger partial charge in [0.05, 0.1) is 13.7 Å². The fourth-order valence-corrected chi connectivity index (χ4v) is 6.91. The first-order valence-corrected chi connectivity index (χ1v) is 17.0. The number of aromatic nitrogens is 1. The van der Waals surface area contributed by atoms with E-state index >= 15 is 0 Å². The average Bonchev–Trinajstić information content (AvgIpc) is 3.74. The van der Waals surface area contributed by atoms with Gasteiger partial charge in [0.1, 0.15) is 5.58 Å². The molecule has 0 spiro atoms. The van der Waals surface area contributed by atoms with Gasteiger partial charge in [-0.1, -0.05) is 122 Å². The van der Waals surface area contributed by atoms with Gasteiger partial charge in [-0.05, 0) is 91.2 Å². The third-order valence-corrected chi connectivity index (χ3v) is 9.51. The van der Waals surface area contributed by atoms with Crippen molar-refractivity contribution in [3.8, 4) is 22.4 Å². The van der Waals surface area contributed by atoms with E-state index in [2.05, 4.69) is 17.1 Å². The number of hydrogen-bond donors (Lipinski definition) is 0. The second-order valence-corrected chi connectivity index (χ2v) is 13.1. The van der Waals surface area contributed by atoms with Gasteiger partial charge in [-0.2, -0.15) is 6.19 Å². The summed E-state index contributed by atoms with van der Waals surface area (Å²) >= 11 is 0. The SMILES string of the molecule is [2H]C(=[N-])/C([2H])=C(\C([2H])=C(/C)c1[c-]c([2H])c([2H])c2c1oc1c([2H])c([2H])c([2H])c([2H])c12)c1c([2H])c([2H])c(C2([2H])CC3CC(C3)C2)c([2H])c1[2H].[2H]C([2H])([2H])c1ccc(-c2[c-]cc(C([2H])([2H])[2H])c(-c3ccccc3)c2)nc1.[Ir+3]. The van der Waals surface area contributed by atoms with Crippen molar-refractivity contribution in [2.45, 2.75) is 52.2 Å². The monoisotopic (exact) mass is 900 g/mol. The Morgan fingerprint density at radius 3 is 2.46 bits per heavy atom. The standard InChI is InChI=1S/C31H27NO.C19H16N.Ir/c1-20(27-6-4-7-29-28-5-2-3-8-30(28)33-31(27)29)15-25(13-14-32)23-9-11-24(12-10-23)26-18-21-16-22(17-21)19-26;1-14-8-11-19(20-13-14)17-10-9-15(2)18(12-17)16-6-4-3-5-7-16;/h2-5,7-15,21-22,26H,16-19H2,1H3;3-9,11-13H,1-2H3;/q-2;-1;+3/b20-15+,25-13+;;/i2D,3D,4D,5D,7D,8D,9D,10D,11D,12D,13D,14D,15D,26D;1D3,2D3;. The molecule has 3 aliphatic rings. The number of pyridine rings is 1. The van der Waals surface area contributed by atoms with Crippen molar-refractivity contribution >= 4 is 39.3 Å². The quantitative estimate of drug-likeness (QED) is 0.0909. The Morgan fingerprint density at radius 1 is 0.944 bits per heavy atom. The van der Waals surface area contributed by atoms with Crippen molar-refractivity contribution in [1.29, 1.82) is 0 Å². The van der Waals surface area contributed by atoms with Crippen molar-refractivity contribution in [3.63, 3.8) is 0 Å². The molecule has 10 rings (SSSR count). The number of furan rings is 1. The minimum Gasteiger partial charge on any atom is -0.811 e. The number of nitrogens with zero attached hydrogens (tertiary/aromatic N) is 2. The van der Waals surface area contributed by atoms with Crippen molar-refractivity contribution in [3.05, 3.63) is 179 Å². The zero-order valence-electron chi connectivity index (χ0n) is 48.9. The van der Waals surface area contributed by atoms with Crippen LogP contribution >= 0.6 is 0 Å². The first-order chi connectivity index (χ1) is 34.1. The minimum absolute atomic E-state index is 0. The van der Waals surface area contributed by atoms with E-state index in [0.717, 1.165) is 18.4 Å². The molecule has 0 aliphatic heterocycles. The molecule has 0 radical (unpaired) electrons. The Kier molecular flexibility index (Phi) is 6.09. The molecule has 0 amide bonds. The van der Waals surface area contributed by atoms with Gasteiger partial charge in [-0.15, -0.1) is 58.6 Å². The fourth-order valence-electron chi connectivity index (χ4n) is 6.91. The molecule has 268 valence electrons. The van der Waals surface area contributed by atoms with Crippen molar-refractivity contribution in [2.24, 2.45) is 11.8 Å². The summed E-state index contributed by atoms with van der Waals surface area (Å²) in [4.78, 5) is 4.21. The van der Waals surface area contributed by atoms with E-state index < -0.39 is 109 Å². The molecule has 3 aliphatic carbocycles. The average molecular weight is 900 g/mol. The van der Waals surface area contributed by atoms with Crippen LogP contribution in [0, 0.1) is 37.7 Å². The Labute approximate surface area is 360 Å². The van der Waals surface area contributed by atoms with Crippen LogP contribution in [-0.4, -0.2) is 11.2 Å². The van der Waals surface area contributed by atoms with Gasteiger partial charge in [0.15, 0.2) is 0 Å². The topological polar surface area (TPSA) is 48.3 Å². The molecular formula is C50H43IrN2O. The Morgan fingerprint density at radius 2 is 1.74 bits per heavy atom. The van der Waals surface area contributed by atoms with Crippen LogP contribution < -0.4 is 0 Å².